The second-order valence-corrected chi connectivity index (χ2v) is 4.65. The average Bonchev–Trinajstić information content (AvgIpc) is 2.35. The van der Waals surface area contributed by atoms with Crippen molar-refractivity contribution < 1.29 is 10.2 Å². The fraction of sp³-hybridized carbons (Fsp3) is 0.923. The summed E-state index contributed by atoms with van der Waals surface area (Å²) < 4.78 is 0. The van der Waals surface area contributed by atoms with Crippen molar-refractivity contribution in [1.29, 1.82) is 5.41 Å². The number of hydrogen-bond acceptors (Lipinski definition) is 3. The normalized spacial score (nSPS) is 10.6. The monoisotopic (exact) mass is 259 g/mol. The van der Waals surface area contributed by atoms with Crippen LogP contribution in [0.5, 0.6) is 0 Å². The molecule has 0 aliphatic carbocycles. The minimum absolute atomic E-state index is 0.152. The van der Waals surface area contributed by atoms with Gasteiger partial charge in [0.2, 0.25) is 0 Å². The number of aliphatic hydroxyl groups excluding tert-OH is 2. The molecule has 0 heterocycles. The van der Waals surface area contributed by atoms with Crippen molar-refractivity contribution in [2.24, 2.45) is 5.73 Å². The largest absolute Gasteiger partial charge is 0.396 e. The van der Waals surface area contributed by atoms with Crippen molar-refractivity contribution in [1.82, 2.24) is 4.90 Å². The Kier molecular flexibility index (Phi) is 12.1. The molecule has 0 amide bonds. The first-order chi connectivity index (χ1) is 8.72. The van der Waals surface area contributed by atoms with Crippen molar-refractivity contribution in [2.75, 3.05) is 26.3 Å². The molecule has 0 aromatic heterocycles. The van der Waals surface area contributed by atoms with Crippen LogP contribution < -0.4 is 5.73 Å². The molecule has 0 aliphatic rings. The molecule has 5 nitrogen and oxygen atoms in total. The SMILES string of the molecule is N=C(N)N(CCCCCCO)CCCCCCO. The fourth-order valence-corrected chi connectivity index (χ4v) is 1.89. The average molecular weight is 259 g/mol. The summed E-state index contributed by atoms with van der Waals surface area (Å²) in [7, 11) is 0. The van der Waals surface area contributed by atoms with Crippen LogP contribution in [0.15, 0.2) is 0 Å². The Morgan fingerprint density at radius 3 is 1.50 bits per heavy atom. The maximum absolute atomic E-state index is 8.67. The topological polar surface area (TPSA) is 93.6 Å². The molecular weight excluding hydrogens is 230 g/mol. The zero-order valence-electron chi connectivity index (χ0n) is 11.4. The molecule has 0 saturated heterocycles. The number of unbranched alkanes of at least 4 members (excludes halogenated alkanes) is 6. The van der Waals surface area contributed by atoms with Gasteiger partial charge in [0.25, 0.3) is 0 Å². The molecule has 0 spiro atoms. The molecule has 5 heteroatoms. The van der Waals surface area contributed by atoms with E-state index in [1.165, 1.54) is 0 Å². The molecule has 0 aliphatic heterocycles. The lowest BCUT2D eigenvalue weighted by molar-refractivity contribution is 0.279. The first-order valence-electron chi connectivity index (χ1n) is 7.03. The summed E-state index contributed by atoms with van der Waals surface area (Å²) in [4.78, 5) is 1.91. The minimum Gasteiger partial charge on any atom is -0.396 e. The van der Waals surface area contributed by atoms with Crippen LogP contribution in [0.1, 0.15) is 51.4 Å². The van der Waals surface area contributed by atoms with Gasteiger partial charge in [-0.05, 0) is 25.7 Å². The number of nitrogens with one attached hydrogen (secondary N) is 1. The molecule has 0 radical (unpaired) electrons. The molecule has 0 atom stereocenters. The maximum Gasteiger partial charge on any atom is 0.188 e. The first kappa shape index (κ1) is 17.2. The molecule has 108 valence electrons. The van der Waals surface area contributed by atoms with Gasteiger partial charge in [-0.1, -0.05) is 25.7 Å². The Balaban J connectivity index is 3.56. The smallest absolute Gasteiger partial charge is 0.188 e. The Labute approximate surface area is 110 Å². The second kappa shape index (κ2) is 12.6. The van der Waals surface area contributed by atoms with Gasteiger partial charge in [0.15, 0.2) is 5.96 Å². The summed E-state index contributed by atoms with van der Waals surface area (Å²) in [6, 6.07) is 0. The predicted molar refractivity (Wildman–Crippen MR) is 74.6 cm³/mol. The van der Waals surface area contributed by atoms with Crippen LogP contribution in [0, 0.1) is 5.41 Å². The van der Waals surface area contributed by atoms with Crippen LogP contribution in [0.25, 0.3) is 0 Å². The van der Waals surface area contributed by atoms with Gasteiger partial charge in [0, 0.05) is 26.3 Å². The van der Waals surface area contributed by atoms with E-state index in [1.54, 1.807) is 0 Å². The van der Waals surface area contributed by atoms with Crippen LogP contribution in [0.3, 0.4) is 0 Å². The predicted octanol–water partition coefficient (Wildman–Crippen LogP) is 1.29. The van der Waals surface area contributed by atoms with E-state index in [1.807, 2.05) is 4.90 Å². The molecule has 0 rings (SSSR count). The number of aliphatic hydroxyl groups is 2. The summed E-state index contributed by atoms with van der Waals surface area (Å²) in [5, 5.41) is 24.8. The number of rotatable bonds is 12. The number of guanidine groups is 1. The molecule has 5 N–H and O–H groups in total. The lowest BCUT2D eigenvalue weighted by Crippen LogP contribution is -2.37. The molecule has 0 saturated carbocycles. The van der Waals surface area contributed by atoms with E-state index >= 15 is 0 Å². The summed E-state index contributed by atoms with van der Waals surface area (Å²) in [6.07, 6.45) is 8.01. The van der Waals surface area contributed by atoms with Crippen molar-refractivity contribution in [2.45, 2.75) is 51.4 Å². The zero-order chi connectivity index (χ0) is 13.6. The van der Waals surface area contributed by atoms with E-state index in [2.05, 4.69) is 0 Å². The number of nitrogens with two attached hydrogens (primary N) is 1. The second-order valence-electron chi connectivity index (χ2n) is 4.65. The maximum atomic E-state index is 8.67. The third-order valence-corrected chi connectivity index (χ3v) is 3.01. The summed E-state index contributed by atoms with van der Waals surface area (Å²) >= 11 is 0. The fourth-order valence-electron chi connectivity index (χ4n) is 1.89. The van der Waals surface area contributed by atoms with E-state index < -0.39 is 0 Å². The van der Waals surface area contributed by atoms with Crippen LogP contribution in [-0.4, -0.2) is 47.4 Å². The van der Waals surface area contributed by atoms with Crippen LogP contribution in [0.2, 0.25) is 0 Å². The van der Waals surface area contributed by atoms with E-state index in [9.17, 15) is 0 Å². The summed E-state index contributed by atoms with van der Waals surface area (Å²) in [5.74, 6) is 0.152. The Morgan fingerprint density at radius 2 is 1.17 bits per heavy atom. The van der Waals surface area contributed by atoms with Gasteiger partial charge in [0.1, 0.15) is 0 Å². The quantitative estimate of drug-likeness (QED) is 0.241. The minimum atomic E-state index is 0.152. The zero-order valence-corrected chi connectivity index (χ0v) is 11.4. The lowest BCUT2D eigenvalue weighted by atomic mass is 10.1. The first-order valence-corrected chi connectivity index (χ1v) is 7.03. The van der Waals surface area contributed by atoms with Gasteiger partial charge in [-0.2, -0.15) is 0 Å². The van der Waals surface area contributed by atoms with Gasteiger partial charge < -0.3 is 20.8 Å². The van der Waals surface area contributed by atoms with Crippen LogP contribution >= 0.6 is 0 Å². The van der Waals surface area contributed by atoms with Crippen molar-refractivity contribution in [3.8, 4) is 0 Å². The van der Waals surface area contributed by atoms with Gasteiger partial charge in [-0.15, -0.1) is 0 Å². The Hall–Kier alpha value is -0.810. The molecule has 0 aromatic carbocycles. The van der Waals surface area contributed by atoms with Gasteiger partial charge >= 0.3 is 0 Å². The van der Waals surface area contributed by atoms with Gasteiger partial charge in [-0.3, -0.25) is 5.41 Å². The van der Waals surface area contributed by atoms with E-state index in [0.29, 0.717) is 0 Å². The van der Waals surface area contributed by atoms with Gasteiger partial charge in [-0.25, -0.2) is 0 Å². The Bertz CT molecular complexity index is 187. The molecule has 18 heavy (non-hydrogen) atoms. The summed E-state index contributed by atoms with van der Waals surface area (Å²) in [5.41, 5.74) is 5.55. The van der Waals surface area contributed by atoms with E-state index in [-0.39, 0.29) is 19.2 Å². The standard InChI is InChI=1S/C13H29N3O2/c14-13(15)16(9-5-1-3-7-11-17)10-6-2-4-8-12-18/h17-18H,1-12H2,(H3,14,15). The van der Waals surface area contributed by atoms with E-state index in [0.717, 1.165) is 64.5 Å². The molecule has 0 aromatic rings. The summed E-state index contributed by atoms with van der Waals surface area (Å²) in [6.45, 7) is 2.20. The highest BCUT2D eigenvalue weighted by Gasteiger charge is 2.05. The van der Waals surface area contributed by atoms with Crippen molar-refractivity contribution >= 4 is 5.96 Å². The van der Waals surface area contributed by atoms with Crippen LogP contribution in [-0.2, 0) is 0 Å². The van der Waals surface area contributed by atoms with E-state index in [4.69, 9.17) is 21.4 Å². The number of nitrogens with zero attached hydrogens (tertiary/aromatic N) is 1. The third-order valence-electron chi connectivity index (χ3n) is 3.01. The number of hydrogen-bond donors (Lipinski definition) is 4. The van der Waals surface area contributed by atoms with Crippen molar-refractivity contribution in [3.05, 3.63) is 0 Å². The highest BCUT2D eigenvalue weighted by Crippen LogP contribution is 2.04. The molecule has 0 bridgehead atoms. The Morgan fingerprint density at radius 1 is 0.778 bits per heavy atom. The van der Waals surface area contributed by atoms with Crippen molar-refractivity contribution in [3.63, 3.8) is 0 Å². The lowest BCUT2D eigenvalue weighted by Gasteiger charge is -2.22. The highest BCUT2D eigenvalue weighted by molar-refractivity contribution is 5.74. The molecular formula is C13H29N3O2. The third kappa shape index (κ3) is 10.4. The molecule has 0 fully saturated rings. The molecule has 0 unspecified atom stereocenters. The van der Waals surface area contributed by atoms with Gasteiger partial charge in [0.05, 0.1) is 0 Å². The highest BCUT2D eigenvalue weighted by atomic mass is 16.3. The van der Waals surface area contributed by atoms with Crippen LogP contribution in [0.4, 0.5) is 0 Å².